The van der Waals surface area contributed by atoms with E-state index in [2.05, 4.69) is 40.7 Å². The Balaban J connectivity index is 1.22. The molecule has 0 N–H and O–H groups in total. The van der Waals surface area contributed by atoms with Gasteiger partial charge in [-0.3, -0.25) is 0 Å². The predicted molar refractivity (Wildman–Crippen MR) is 161 cm³/mol. The molecule has 0 amide bonds. The number of hydrogen-bond acceptors (Lipinski definition) is 5. The van der Waals surface area contributed by atoms with Crippen molar-refractivity contribution in [2.75, 3.05) is 39.6 Å². The van der Waals surface area contributed by atoms with Gasteiger partial charge in [-0.05, 0) is 105 Å². The van der Waals surface area contributed by atoms with Crippen molar-refractivity contribution in [3.8, 4) is 0 Å². The van der Waals surface area contributed by atoms with Gasteiger partial charge in [0.2, 0.25) is 0 Å². The van der Waals surface area contributed by atoms with E-state index in [-0.39, 0.29) is 12.6 Å². The highest BCUT2D eigenvalue weighted by molar-refractivity contribution is 5.70. The van der Waals surface area contributed by atoms with Crippen LogP contribution in [0.4, 0.5) is 0 Å². The lowest BCUT2D eigenvalue weighted by Gasteiger charge is -2.58. The zero-order valence-corrected chi connectivity index (χ0v) is 26.7. The van der Waals surface area contributed by atoms with Crippen LogP contribution in [-0.2, 0) is 23.7 Å². The number of esters is 1. The third-order valence-electron chi connectivity index (χ3n) is 11.7. The molecular formula is C35H60O5. The Bertz CT molecular complexity index is 838. The normalized spacial score (nSPS) is 36.0. The van der Waals surface area contributed by atoms with Crippen LogP contribution in [0.25, 0.3) is 0 Å². The fourth-order valence-corrected chi connectivity index (χ4v) is 9.65. The van der Waals surface area contributed by atoms with Crippen LogP contribution in [0.3, 0.4) is 0 Å². The molecule has 3 saturated carbocycles. The third-order valence-corrected chi connectivity index (χ3v) is 11.7. The van der Waals surface area contributed by atoms with Crippen LogP contribution in [0.1, 0.15) is 112 Å². The first-order chi connectivity index (χ1) is 19.2. The Morgan fingerprint density at radius 1 is 0.950 bits per heavy atom. The Kier molecular flexibility index (Phi) is 11.6. The predicted octanol–water partition coefficient (Wildman–Crippen LogP) is 8.01. The van der Waals surface area contributed by atoms with Crippen molar-refractivity contribution in [1.29, 1.82) is 0 Å². The van der Waals surface area contributed by atoms with Gasteiger partial charge in [0, 0.05) is 0 Å². The standard InChI is InChI=1S/C35H60O5/c1-7-39-33(36)24-38-20-19-37-21-22-40-28-15-17-34(5)27(23-28)11-12-29-31-14-13-30(26(4)10-8-9-25(2)3)35(31,6)18-16-32(29)34/h11,25-26,28-32H,7-10,12-24H2,1-6H3/t26-,28+,29+,30-,31+,32+,34+,35-/m1/s1. The summed E-state index contributed by atoms with van der Waals surface area (Å²) in [7, 11) is 0. The minimum atomic E-state index is -0.324. The lowest BCUT2D eigenvalue weighted by Crippen LogP contribution is -2.51. The van der Waals surface area contributed by atoms with E-state index >= 15 is 0 Å². The van der Waals surface area contributed by atoms with Crippen molar-refractivity contribution >= 4 is 5.97 Å². The van der Waals surface area contributed by atoms with Gasteiger partial charge in [0.05, 0.1) is 39.1 Å². The van der Waals surface area contributed by atoms with E-state index in [1.54, 1.807) is 12.5 Å². The van der Waals surface area contributed by atoms with Crippen LogP contribution in [0.15, 0.2) is 11.6 Å². The molecule has 5 heteroatoms. The number of rotatable bonds is 15. The average molecular weight is 561 g/mol. The minimum Gasteiger partial charge on any atom is -0.464 e. The van der Waals surface area contributed by atoms with Gasteiger partial charge in [-0.15, -0.1) is 0 Å². The van der Waals surface area contributed by atoms with Crippen LogP contribution in [0.5, 0.6) is 0 Å². The molecule has 0 aromatic rings. The third kappa shape index (κ3) is 7.35. The summed E-state index contributed by atoms with van der Waals surface area (Å²) in [4.78, 5) is 11.3. The van der Waals surface area contributed by atoms with Crippen molar-refractivity contribution in [1.82, 2.24) is 0 Å². The summed E-state index contributed by atoms with van der Waals surface area (Å²) in [6, 6.07) is 0. The average Bonchev–Trinajstić information content (AvgIpc) is 3.27. The molecule has 4 aliphatic rings. The molecule has 5 nitrogen and oxygen atoms in total. The molecule has 0 unspecified atom stereocenters. The zero-order chi connectivity index (χ0) is 28.8. The molecule has 3 fully saturated rings. The van der Waals surface area contributed by atoms with E-state index < -0.39 is 0 Å². The van der Waals surface area contributed by atoms with Gasteiger partial charge >= 0.3 is 5.97 Å². The van der Waals surface area contributed by atoms with Gasteiger partial charge in [0.15, 0.2) is 0 Å². The Hall–Kier alpha value is -0.910. The molecule has 0 aliphatic heterocycles. The minimum absolute atomic E-state index is 0.0103. The largest absolute Gasteiger partial charge is 0.464 e. The first-order valence-electron chi connectivity index (χ1n) is 16.8. The highest BCUT2D eigenvalue weighted by atomic mass is 16.6. The van der Waals surface area contributed by atoms with Crippen LogP contribution in [0, 0.1) is 46.3 Å². The SMILES string of the molecule is CCOC(=O)COCCOCCO[C@H]1CC[C@@]2(C)C(=CC[C@H]3[C@@H]4CC[C@H]([C@H](C)CCCC(C)C)[C@@]4(C)CC[C@@H]32)C1. The van der Waals surface area contributed by atoms with Gasteiger partial charge in [0.1, 0.15) is 6.61 Å². The second kappa shape index (κ2) is 14.5. The van der Waals surface area contributed by atoms with E-state index in [0.717, 1.165) is 48.3 Å². The number of carbonyl (C=O) groups is 1. The molecule has 4 rings (SSSR count). The van der Waals surface area contributed by atoms with Crippen molar-refractivity contribution in [2.24, 2.45) is 46.3 Å². The maximum absolute atomic E-state index is 11.3. The number of hydrogen-bond donors (Lipinski definition) is 0. The molecule has 0 aromatic carbocycles. The molecule has 40 heavy (non-hydrogen) atoms. The number of allylic oxidation sites excluding steroid dienone is 1. The molecule has 0 saturated heterocycles. The van der Waals surface area contributed by atoms with Crippen LogP contribution in [0.2, 0.25) is 0 Å². The maximum atomic E-state index is 11.3. The molecule has 0 aromatic heterocycles. The first-order valence-corrected chi connectivity index (χ1v) is 16.8. The summed E-state index contributed by atoms with van der Waals surface area (Å²) < 4.78 is 22.1. The molecular weight excluding hydrogens is 500 g/mol. The summed E-state index contributed by atoms with van der Waals surface area (Å²) in [5, 5.41) is 0. The van der Waals surface area contributed by atoms with E-state index in [0.29, 0.717) is 50.0 Å². The lowest BCUT2D eigenvalue weighted by molar-refractivity contribution is -0.149. The summed E-state index contributed by atoms with van der Waals surface area (Å²) in [6.45, 7) is 16.8. The second-order valence-corrected chi connectivity index (χ2v) is 14.5. The molecule has 8 atom stereocenters. The molecule has 0 bridgehead atoms. The molecule has 230 valence electrons. The summed E-state index contributed by atoms with van der Waals surface area (Å²) >= 11 is 0. The van der Waals surface area contributed by atoms with Crippen LogP contribution >= 0.6 is 0 Å². The van der Waals surface area contributed by atoms with Crippen LogP contribution in [-0.4, -0.2) is 51.7 Å². The van der Waals surface area contributed by atoms with Crippen molar-refractivity contribution in [3.05, 3.63) is 11.6 Å². The van der Waals surface area contributed by atoms with Crippen molar-refractivity contribution in [3.63, 3.8) is 0 Å². The number of fused-ring (bicyclic) bond motifs is 5. The second-order valence-electron chi connectivity index (χ2n) is 14.5. The zero-order valence-electron chi connectivity index (χ0n) is 26.7. The molecule has 0 radical (unpaired) electrons. The van der Waals surface area contributed by atoms with E-state index in [4.69, 9.17) is 18.9 Å². The highest BCUT2D eigenvalue weighted by Crippen LogP contribution is 2.67. The molecule has 0 spiro atoms. The molecule has 4 aliphatic carbocycles. The smallest absolute Gasteiger partial charge is 0.332 e. The number of carbonyl (C=O) groups excluding carboxylic acids is 1. The summed E-state index contributed by atoms with van der Waals surface area (Å²) in [6.07, 6.45) is 17.8. The molecule has 0 heterocycles. The summed E-state index contributed by atoms with van der Waals surface area (Å²) in [5.41, 5.74) is 2.63. The topological polar surface area (TPSA) is 54.0 Å². The lowest BCUT2D eigenvalue weighted by atomic mass is 9.47. The number of ether oxygens (including phenoxy) is 4. The van der Waals surface area contributed by atoms with Gasteiger partial charge in [-0.25, -0.2) is 4.79 Å². The Morgan fingerprint density at radius 3 is 2.50 bits per heavy atom. The first kappa shape index (κ1) is 32.0. The Labute approximate surface area is 245 Å². The fourth-order valence-electron chi connectivity index (χ4n) is 9.65. The van der Waals surface area contributed by atoms with Crippen molar-refractivity contribution < 1.29 is 23.7 Å². The van der Waals surface area contributed by atoms with Crippen LogP contribution < -0.4 is 0 Å². The van der Waals surface area contributed by atoms with Gasteiger partial charge in [-0.2, -0.15) is 0 Å². The summed E-state index contributed by atoms with van der Waals surface area (Å²) in [5.74, 6) is 4.99. The van der Waals surface area contributed by atoms with Gasteiger partial charge in [-0.1, -0.05) is 65.5 Å². The van der Waals surface area contributed by atoms with E-state index in [9.17, 15) is 4.79 Å². The monoisotopic (exact) mass is 560 g/mol. The van der Waals surface area contributed by atoms with E-state index in [1.165, 1.54) is 57.8 Å². The van der Waals surface area contributed by atoms with Crippen molar-refractivity contribution in [2.45, 2.75) is 118 Å². The fraction of sp³-hybridized carbons (Fsp3) is 0.914. The highest BCUT2D eigenvalue weighted by Gasteiger charge is 2.59. The van der Waals surface area contributed by atoms with E-state index in [1.807, 2.05) is 0 Å². The van der Waals surface area contributed by atoms with Gasteiger partial charge in [0.25, 0.3) is 0 Å². The Morgan fingerprint density at radius 2 is 1.73 bits per heavy atom. The quantitative estimate of drug-likeness (QED) is 0.115. The maximum Gasteiger partial charge on any atom is 0.332 e. The van der Waals surface area contributed by atoms with Gasteiger partial charge < -0.3 is 18.9 Å².